The molecule has 1 saturated heterocycles. The van der Waals surface area contributed by atoms with E-state index in [0.29, 0.717) is 0 Å². The van der Waals surface area contributed by atoms with Gasteiger partial charge < -0.3 is 9.47 Å². The van der Waals surface area contributed by atoms with Crippen LogP contribution < -0.4 is 0 Å². The lowest BCUT2D eigenvalue weighted by atomic mass is 10.6. The second kappa shape index (κ2) is 7.97. The van der Waals surface area contributed by atoms with Crippen molar-refractivity contribution >= 4 is 23.5 Å². The van der Waals surface area contributed by atoms with Gasteiger partial charge in [-0.25, -0.2) is 0 Å². The standard InChI is InChI=1S/C9H18O2S2/c1-9-8-12-6-4-10-2-3-11-5-7-13-9/h9H,2-8H2,1H3. The average molecular weight is 222 g/mol. The van der Waals surface area contributed by atoms with Gasteiger partial charge in [-0.15, -0.1) is 0 Å². The molecule has 1 aliphatic rings. The number of thioether (sulfide) groups is 2. The molecule has 1 aliphatic heterocycles. The van der Waals surface area contributed by atoms with E-state index in [0.717, 1.165) is 43.2 Å². The van der Waals surface area contributed by atoms with E-state index in [2.05, 4.69) is 6.92 Å². The molecule has 0 N–H and O–H groups in total. The molecule has 1 fully saturated rings. The van der Waals surface area contributed by atoms with Gasteiger partial charge in [-0.2, -0.15) is 23.5 Å². The van der Waals surface area contributed by atoms with Crippen LogP contribution in [-0.2, 0) is 9.47 Å². The van der Waals surface area contributed by atoms with E-state index < -0.39 is 0 Å². The van der Waals surface area contributed by atoms with Gasteiger partial charge in [-0.1, -0.05) is 6.92 Å². The van der Waals surface area contributed by atoms with Gasteiger partial charge in [0.25, 0.3) is 0 Å². The van der Waals surface area contributed by atoms with Crippen molar-refractivity contribution in [1.82, 2.24) is 0 Å². The van der Waals surface area contributed by atoms with E-state index in [1.807, 2.05) is 23.5 Å². The monoisotopic (exact) mass is 222 g/mol. The van der Waals surface area contributed by atoms with Crippen molar-refractivity contribution in [1.29, 1.82) is 0 Å². The van der Waals surface area contributed by atoms with Crippen molar-refractivity contribution < 1.29 is 9.47 Å². The molecule has 2 nitrogen and oxygen atoms in total. The van der Waals surface area contributed by atoms with Gasteiger partial charge in [0.15, 0.2) is 0 Å². The Morgan fingerprint density at radius 2 is 1.69 bits per heavy atom. The highest BCUT2D eigenvalue weighted by Gasteiger charge is 2.03. The number of hydrogen-bond donors (Lipinski definition) is 0. The van der Waals surface area contributed by atoms with E-state index in [9.17, 15) is 0 Å². The molecule has 0 amide bonds. The molecule has 1 atom stereocenters. The third-order valence-corrected chi connectivity index (χ3v) is 4.27. The molecule has 0 saturated carbocycles. The molecule has 0 aromatic heterocycles. The third-order valence-electron chi connectivity index (χ3n) is 1.73. The van der Waals surface area contributed by atoms with E-state index >= 15 is 0 Å². The minimum absolute atomic E-state index is 0.744. The summed E-state index contributed by atoms with van der Waals surface area (Å²) < 4.78 is 10.8. The van der Waals surface area contributed by atoms with Crippen molar-refractivity contribution in [2.45, 2.75) is 12.2 Å². The summed E-state index contributed by atoms with van der Waals surface area (Å²) in [5.41, 5.74) is 0. The highest BCUT2D eigenvalue weighted by Crippen LogP contribution is 2.16. The Bertz CT molecular complexity index is 110. The Morgan fingerprint density at radius 1 is 1.00 bits per heavy atom. The highest BCUT2D eigenvalue weighted by atomic mass is 32.2. The largest absolute Gasteiger partial charge is 0.378 e. The van der Waals surface area contributed by atoms with Gasteiger partial charge in [-0.05, 0) is 0 Å². The maximum absolute atomic E-state index is 5.40. The van der Waals surface area contributed by atoms with Gasteiger partial charge in [0.1, 0.15) is 0 Å². The molecule has 0 aromatic carbocycles. The first kappa shape index (κ1) is 11.7. The highest BCUT2D eigenvalue weighted by molar-refractivity contribution is 8.03. The summed E-state index contributed by atoms with van der Waals surface area (Å²) in [6.07, 6.45) is 0. The van der Waals surface area contributed by atoms with Crippen LogP contribution in [0.3, 0.4) is 0 Å². The predicted octanol–water partition coefficient (Wildman–Crippen LogP) is 1.89. The van der Waals surface area contributed by atoms with Crippen LogP contribution in [0.4, 0.5) is 0 Å². The van der Waals surface area contributed by atoms with Crippen LogP contribution in [0.1, 0.15) is 6.92 Å². The van der Waals surface area contributed by atoms with Crippen molar-refractivity contribution in [3.8, 4) is 0 Å². The second-order valence-electron chi connectivity index (χ2n) is 2.98. The second-order valence-corrected chi connectivity index (χ2v) is 5.68. The van der Waals surface area contributed by atoms with Gasteiger partial charge in [0.2, 0.25) is 0 Å². The first-order chi connectivity index (χ1) is 6.39. The summed E-state index contributed by atoms with van der Waals surface area (Å²) in [5.74, 6) is 3.46. The van der Waals surface area contributed by atoms with Crippen LogP contribution in [-0.4, -0.2) is 48.9 Å². The van der Waals surface area contributed by atoms with Crippen LogP contribution in [0.2, 0.25) is 0 Å². The molecular formula is C9H18O2S2. The van der Waals surface area contributed by atoms with Crippen LogP contribution in [0, 0.1) is 0 Å². The summed E-state index contributed by atoms with van der Waals surface area (Å²) >= 11 is 3.99. The summed E-state index contributed by atoms with van der Waals surface area (Å²) in [7, 11) is 0. The lowest BCUT2D eigenvalue weighted by molar-refractivity contribution is 0.0604. The molecule has 78 valence electrons. The molecule has 0 radical (unpaired) electrons. The fraction of sp³-hybridized carbons (Fsp3) is 1.00. The zero-order chi connectivity index (χ0) is 9.36. The topological polar surface area (TPSA) is 18.5 Å². The summed E-state index contributed by atoms with van der Waals surface area (Å²) in [4.78, 5) is 0. The van der Waals surface area contributed by atoms with Crippen LogP contribution in [0.5, 0.6) is 0 Å². The first-order valence-corrected chi connectivity index (χ1v) is 6.95. The van der Waals surface area contributed by atoms with E-state index in [1.165, 1.54) is 5.75 Å². The molecule has 1 rings (SSSR count). The Hall–Kier alpha value is 0.620. The van der Waals surface area contributed by atoms with Crippen LogP contribution in [0.15, 0.2) is 0 Å². The third kappa shape index (κ3) is 6.66. The van der Waals surface area contributed by atoms with Crippen LogP contribution in [0.25, 0.3) is 0 Å². The SMILES string of the molecule is CC1CSCCOCCOCCS1. The molecule has 1 unspecified atom stereocenters. The first-order valence-electron chi connectivity index (χ1n) is 4.74. The van der Waals surface area contributed by atoms with Crippen molar-refractivity contribution in [3.05, 3.63) is 0 Å². The fourth-order valence-corrected chi connectivity index (χ4v) is 3.07. The zero-order valence-corrected chi connectivity index (χ0v) is 9.79. The maximum Gasteiger partial charge on any atom is 0.0700 e. The minimum atomic E-state index is 0.744. The van der Waals surface area contributed by atoms with Crippen LogP contribution >= 0.6 is 23.5 Å². The normalized spacial score (nSPS) is 28.8. The maximum atomic E-state index is 5.40. The molecule has 0 bridgehead atoms. The molecular weight excluding hydrogens is 204 g/mol. The van der Waals surface area contributed by atoms with Gasteiger partial charge in [0.05, 0.1) is 26.4 Å². The minimum Gasteiger partial charge on any atom is -0.378 e. The molecule has 1 heterocycles. The number of ether oxygens (including phenoxy) is 2. The van der Waals surface area contributed by atoms with Crippen molar-refractivity contribution in [2.75, 3.05) is 43.7 Å². The molecule has 0 aromatic rings. The van der Waals surface area contributed by atoms with E-state index in [1.54, 1.807) is 0 Å². The molecule has 13 heavy (non-hydrogen) atoms. The van der Waals surface area contributed by atoms with Gasteiger partial charge in [0, 0.05) is 22.5 Å². The average Bonchev–Trinajstić information content (AvgIpc) is 2.11. The Labute approximate surface area is 89.1 Å². The Balaban J connectivity index is 2.11. The Kier molecular flexibility index (Phi) is 7.17. The predicted molar refractivity (Wildman–Crippen MR) is 60.9 cm³/mol. The van der Waals surface area contributed by atoms with E-state index in [-0.39, 0.29) is 0 Å². The molecule has 0 aliphatic carbocycles. The smallest absolute Gasteiger partial charge is 0.0700 e. The van der Waals surface area contributed by atoms with Crippen molar-refractivity contribution in [2.24, 2.45) is 0 Å². The lowest BCUT2D eigenvalue weighted by Gasteiger charge is -2.13. The summed E-state index contributed by atoms with van der Waals surface area (Å²) in [6.45, 7) is 5.51. The quantitative estimate of drug-likeness (QED) is 0.623. The number of hydrogen-bond acceptors (Lipinski definition) is 4. The lowest BCUT2D eigenvalue weighted by Crippen LogP contribution is -2.12. The molecule has 4 heteroatoms. The van der Waals surface area contributed by atoms with E-state index in [4.69, 9.17) is 9.47 Å². The van der Waals surface area contributed by atoms with Crippen molar-refractivity contribution in [3.63, 3.8) is 0 Å². The fourth-order valence-electron chi connectivity index (χ4n) is 1.05. The summed E-state index contributed by atoms with van der Waals surface area (Å²) in [5, 5.41) is 0.744. The zero-order valence-electron chi connectivity index (χ0n) is 8.16. The number of rotatable bonds is 0. The summed E-state index contributed by atoms with van der Waals surface area (Å²) in [6, 6.07) is 0. The van der Waals surface area contributed by atoms with Gasteiger partial charge >= 0.3 is 0 Å². The molecule has 0 spiro atoms. The van der Waals surface area contributed by atoms with Gasteiger partial charge in [-0.3, -0.25) is 0 Å². The Morgan fingerprint density at radius 3 is 2.46 bits per heavy atom.